The molecule has 0 atom stereocenters. The van der Waals surface area contributed by atoms with Crippen molar-refractivity contribution in [2.75, 3.05) is 0 Å². The van der Waals surface area contributed by atoms with Crippen molar-refractivity contribution in [2.24, 2.45) is 0 Å². The molecule has 0 fully saturated rings. The molecule has 0 aromatic heterocycles. The van der Waals surface area contributed by atoms with Crippen LogP contribution in [0.25, 0.3) is 0 Å². The van der Waals surface area contributed by atoms with Crippen molar-refractivity contribution < 1.29 is 34.8 Å². The topological polar surface area (TPSA) is 80.3 Å². The van der Waals surface area contributed by atoms with Crippen LogP contribution in [-0.2, 0) is 24.5 Å². The van der Waals surface area contributed by atoms with Crippen molar-refractivity contribution in [2.45, 2.75) is 11.6 Å². The Morgan fingerprint density at radius 2 is 1.27 bits per heavy atom. The summed E-state index contributed by atoms with van der Waals surface area (Å²) < 4.78 is 0. The number of rotatable bonds is 2. The molecule has 0 spiro atoms. The summed E-state index contributed by atoms with van der Waals surface area (Å²) in [6.07, 6.45) is 0.769. The fourth-order valence-corrected chi connectivity index (χ4v) is 0.136. The second-order valence-electron chi connectivity index (χ2n) is 1.32. The molecule has 0 bridgehead atoms. The maximum absolute atomic E-state index is 9.41. The Kier molecular flexibility index (Phi) is 10.7. The summed E-state index contributed by atoms with van der Waals surface area (Å²) in [7, 11) is 0. The summed E-state index contributed by atoms with van der Waals surface area (Å²) in [5, 5.41) is 18.8. The van der Waals surface area contributed by atoms with Gasteiger partial charge in [0, 0.05) is 0 Å². The van der Waals surface area contributed by atoms with Gasteiger partial charge >= 0.3 is 26.6 Å². The van der Waals surface area contributed by atoms with Crippen LogP contribution in [-0.4, -0.2) is 11.9 Å². The van der Waals surface area contributed by atoms with E-state index in [1.54, 1.807) is 0 Å². The van der Waals surface area contributed by atoms with Crippen LogP contribution in [0.4, 0.5) is 0 Å². The average Bonchev–Trinajstić information content (AvgIpc) is 1.85. The number of carbonyl (C=O) groups is 2. The Balaban J connectivity index is 0. The first-order valence-electron chi connectivity index (χ1n) is 2.43. The Labute approximate surface area is 71.1 Å². The summed E-state index contributed by atoms with van der Waals surface area (Å²) in [6.45, 7) is 0. The minimum atomic E-state index is -1.55. The quantitative estimate of drug-likeness (QED) is 0.389. The monoisotopic (exact) mass is 200 g/mol. The van der Waals surface area contributed by atoms with Gasteiger partial charge in [-0.15, -0.1) is 0 Å². The molecule has 0 rings (SSSR count). The molecule has 0 heterocycles. The third-order valence-electron chi connectivity index (χ3n) is 0.355. The van der Waals surface area contributed by atoms with E-state index in [-0.39, 0.29) is 0 Å². The molecule has 0 aliphatic carbocycles. The van der Waals surface area contributed by atoms with E-state index in [4.69, 9.17) is 0 Å². The van der Waals surface area contributed by atoms with Gasteiger partial charge < -0.3 is 19.8 Å². The van der Waals surface area contributed by atoms with E-state index >= 15 is 0 Å². The normalized spacial score (nSPS) is 8.55. The number of hydrogen-bond acceptors (Lipinski definition) is 4. The molecule has 0 amide bonds. The van der Waals surface area contributed by atoms with E-state index in [0.29, 0.717) is 12.2 Å². The predicted molar refractivity (Wildman–Crippen MR) is 30.9 cm³/mol. The molecule has 0 aliphatic heterocycles. The van der Waals surface area contributed by atoms with Gasteiger partial charge in [0.1, 0.15) is 0 Å². The molecule has 0 saturated heterocycles. The number of carboxylic acids is 2. The van der Waals surface area contributed by atoms with Crippen molar-refractivity contribution in [1.82, 2.24) is 0 Å². The van der Waals surface area contributed by atoms with Gasteiger partial charge in [0.05, 0.1) is 11.9 Å². The molecule has 0 aromatic carbocycles. The molecule has 0 aromatic rings. The zero-order valence-electron chi connectivity index (χ0n) is 6.14. The second-order valence-corrected chi connectivity index (χ2v) is 2.43. The van der Waals surface area contributed by atoms with Crippen molar-refractivity contribution in [3.8, 4) is 0 Å². The van der Waals surface area contributed by atoms with Gasteiger partial charge in [0.2, 0.25) is 0 Å². The van der Waals surface area contributed by atoms with Crippen molar-refractivity contribution >= 4 is 11.9 Å². The van der Waals surface area contributed by atoms with E-state index in [1.807, 2.05) is 0 Å². The summed E-state index contributed by atoms with van der Waals surface area (Å²) in [6, 6.07) is 0. The Hall–Kier alpha value is -0.801. The van der Waals surface area contributed by atoms with Gasteiger partial charge in [-0.3, -0.25) is 0 Å². The van der Waals surface area contributed by atoms with E-state index < -0.39 is 11.9 Å². The first-order chi connectivity index (χ1) is 5.04. The number of hydrogen-bond donors (Lipinski definition) is 0. The molecule has 0 aliphatic rings. The SMILES string of the molecule is O=C([O-])/C=C/C(=O)[O-].[CH3][Fe+2][CH3]. The zero-order valence-corrected chi connectivity index (χ0v) is 7.25. The molecule has 5 heteroatoms. The zero-order chi connectivity index (χ0) is 9.28. The molecule has 64 valence electrons. The van der Waals surface area contributed by atoms with Crippen LogP contribution in [0, 0.1) is 0 Å². The molecule has 4 nitrogen and oxygen atoms in total. The standard InChI is InChI=1S/C4H4O4.2CH3.Fe/c5-3(6)1-2-4(7)8;;;/h1-2H,(H,5,6)(H,7,8);2*1H3;/q;;;+2/p-2/b2-1+;;;. The Bertz CT molecular complexity index is 137. The van der Waals surface area contributed by atoms with Crippen LogP contribution in [0.2, 0.25) is 11.6 Å². The number of aliphatic carboxylic acids is 2. The fraction of sp³-hybridized carbons (Fsp3) is 0.333. The Morgan fingerprint density at radius 1 is 1.09 bits per heavy atom. The van der Waals surface area contributed by atoms with Crippen molar-refractivity contribution in [3.05, 3.63) is 12.2 Å². The summed E-state index contributed by atoms with van der Waals surface area (Å²) in [4.78, 5) is 18.8. The number of carboxylic acid groups (broad SMARTS) is 2. The molecule has 0 radical (unpaired) electrons. The molecular weight excluding hydrogens is 192 g/mol. The maximum atomic E-state index is 9.41. The van der Waals surface area contributed by atoms with Crippen molar-refractivity contribution in [1.29, 1.82) is 0 Å². The van der Waals surface area contributed by atoms with Crippen LogP contribution >= 0.6 is 0 Å². The fourth-order valence-electron chi connectivity index (χ4n) is 0.136. The molecule has 0 unspecified atom stereocenters. The van der Waals surface area contributed by atoms with Gasteiger partial charge in [-0.1, -0.05) is 0 Å². The third-order valence-corrected chi connectivity index (χ3v) is 0.355. The van der Waals surface area contributed by atoms with E-state index in [9.17, 15) is 19.8 Å². The van der Waals surface area contributed by atoms with Gasteiger partial charge in [-0.2, -0.15) is 0 Å². The minimum absolute atomic E-state index is 0.384. The molecule has 0 saturated carbocycles. The first-order valence-corrected chi connectivity index (χ1v) is 4.64. The van der Waals surface area contributed by atoms with Gasteiger partial charge in [0.25, 0.3) is 0 Å². The van der Waals surface area contributed by atoms with Crippen LogP contribution in [0.1, 0.15) is 0 Å². The van der Waals surface area contributed by atoms with E-state index in [2.05, 4.69) is 11.6 Å². The predicted octanol–water partition coefficient (Wildman–Crippen LogP) is -1.79. The van der Waals surface area contributed by atoms with Crippen LogP contribution in [0.5, 0.6) is 0 Å². The third kappa shape index (κ3) is 27.0. The van der Waals surface area contributed by atoms with Gasteiger partial charge in [0.15, 0.2) is 0 Å². The number of carbonyl (C=O) groups excluding carboxylic acids is 2. The Morgan fingerprint density at radius 3 is 1.36 bits per heavy atom. The van der Waals surface area contributed by atoms with E-state index in [1.165, 1.54) is 15.0 Å². The molecule has 11 heavy (non-hydrogen) atoms. The van der Waals surface area contributed by atoms with E-state index in [0.717, 1.165) is 0 Å². The van der Waals surface area contributed by atoms with Crippen LogP contribution in [0.15, 0.2) is 12.2 Å². The summed E-state index contributed by atoms with van der Waals surface area (Å²) >= 11 is 1.25. The molecular formula is C6H8FeO4. The van der Waals surface area contributed by atoms with Crippen LogP contribution < -0.4 is 10.2 Å². The first kappa shape index (κ1) is 12.8. The van der Waals surface area contributed by atoms with Gasteiger partial charge in [-0.05, 0) is 12.2 Å². The average molecular weight is 200 g/mol. The van der Waals surface area contributed by atoms with Crippen molar-refractivity contribution in [3.63, 3.8) is 0 Å². The summed E-state index contributed by atoms with van der Waals surface area (Å²) in [5.41, 5.74) is 0. The summed E-state index contributed by atoms with van der Waals surface area (Å²) in [5.74, 6) is 1.16. The second kappa shape index (κ2) is 9.20. The van der Waals surface area contributed by atoms with Gasteiger partial charge in [-0.25, -0.2) is 0 Å². The van der Waals surface area contributed by atoms with Crippen LogP contribution in [0.3, 0.4) is 0 Å². The molecule has 0 N–H and O–H groups in total.